The van der Waals surface area contributed by atoms with E-state index in [2.05, 4.69) is 20.6 Å². The topological polar surface area (TPSA) is 198 Å². The summed E-state index contributed by atoms with van der Waals surface area (Å²) in [5.41, 5.74) is 11.0. The highest BCUT2D eigenvalue weighted by Crippen LogP contribution is 2.29. The summed E-state index contributed by atoms with van der Waals surface area (Å²) in [4.78, 5) is 33.3. The molecule has 12 heteroatoms. The Morgan fingerprint density at radius 1 is 1.12 bits per heavy atom. The molecule has 0 radical (unpaired) electrons. The highest BCUT2D eigenvalue weighted by atomic mass is 16.5. The van der Waals surface area contributed by atoms with E-state index in [-0.39, 0.29) is 42.3 Å². The number of carbonyl (C=O) groups excluding carboxylic acids is 1. The van der Waals surface area contributed by atoms with Gasteiger partial charge < -0.3 is 36.2 Å². The Hall–Kier alpha value is -4.42. The third-order valence-corrected chi connectivity index (χ3v) is 6.29. The van der Waals surface area contributed by atoms with Crippen LogP contribution in [0.5, 0.6) is 11.5 Å². The SMILES string of the molecule is CCC(C)C(NC(=O)c1ccccc1Oc1ccccc1)c1nc(C(O)NC(CCCN=C(N)N)C(=O)O)co1. The van der Waals surface area contributed by atoms with Gasteiger partial charge in [-0.15, -0.1) is 0 Å². The van der Waals surface area contributed by atoms with Gasteiger partial charge in [-0.3, -0.25) is 19.9 Å². The van der Waals surface area contributed by atoms with Gasteiger partial charge in [0.2, 0.25) is 5.89 Å². The van der Waals surface area contributed by atoms with Crippen molar-refractivity contribution < 1.29 is 29.0 Å². The van der Waals surface area contributed by atoms with Crippen molar-refractivity contribution in [3.63, 3.8) is 0 Å². The maximum atomic E-state index is 13.4. The maximum absolute atomic E-state index is 13.4. The molecule has 12 nitrogen and oxygen atoms in total. The first-order valence-corrected chi connectivity index (χ1v) is 13.0. The molecule has 4 atom stereocenters. The first-order chi connectivity index (χ1) is 19.2. The Morgan fingerprint density at radius 3 is 2.50 bits per heavy atom. The van der Waals surface area contributed by atoms with Crippen LogP contribution < -0.4 is 26.8 Å². The summed E-state index contributed by atoms with van der Waals surface area (Å²) in [6, 6.07) is 14.3. The van der Waals surface area contributed by atoms with Gasteiger partial charge in [0.05, 0.1) is 5.56 Å². The Balaban J connectivity index is 1.73. The zero-order chi connectivity index (χ0) is 29.1. The van der Waals surface area contributed by atoms with Crippen LogP contribution in [-0.4, -0.2) is 45.6 Å². The Morgan fingerprint density at radius 2 is 1.82 bits per heavy atom. The zero-order valence-electron chi connectivity index (χ0n) is 22.5. The van der Waals surface area contributed by atoms with E-state index in [1.54, 1.807) is 36.4 Å². The summed E-state index contributed by atoms with van der Waals surface area (Å²) >= 11 is 0. The number of carboxylic acid groups (broad SMARTS) is 1. The lowest BCUT2D eigenvalue weighted by molar-refractivity contribution is -0.140. The lowest BCUT2D eigenvalue weighted by atomic mass is 9.98. The van der Waals surface area contributed by atoms with Crippen LogP contribution >= 0.6 is 0 Å². The van der Waals surface area contributed by atoms with Crippen molar-refractivity contribution in [1.29, 1.82) is 0 Å². The predicted octanol–water partition coefficient (Wildman–Crippen LogP) is 3.07. The molecule has 0 spiro atoms. The number of benzene rings is 2. The first-order valence-electron chi connectivity index (χ1n) is 13.0. The van der Waals surface area contributed by atoms with Crippen LogP contribution in [0.4, 0.5) is 0 Å². The second-order valence-electron chi connectivity index (χ2n) is 9.27. The number of aromatic nitrogens is 1. The van der Waals surface area contributed by atoms with Crippen molar-refractivity contribution in [3.05, 3.63) is 78.0 Å². The van der Waals surface area contributed by atoms with Gasteiger partial charge in [0.1, 0.15) is 35.5 Å². The fraction of sp³-hybridized carbons (Fsp3) is 0.357. The minimum atomic E-state index is -1.42. The highest BCUT2D eigenvalue weighted by molar-refractivity contribution is 5.97. The number of aliphatic hydroxyl groups excluding tert-OH is 1. The third kappa shape index (κ3) is 8.55. The van der Waals surface area contributed by atoms with Crippen LogP contribution in [0.2, 0.25) is 0 Å². The smallest absolute Gasteiger partial charge is 0.320 e. The number of aliphatic carboxylic acids is 1. The first kappa shape index (κ1) is 30.1. The maximum Gasteiger partial charge on any atom is 0.320 e. The van der Waals surface area contributed by atoms with Gasteiger partial charge in [0.15, 0.2) is 12.2 Å². The van der Waals surface area contributed by atoms with E-state index in [1.165, 1.54) is 6.26 Å². The van der Waals surface area contributed by atoms with E-state index in [0.29, 0.717) is 29.9 Å². The summed E-state index contributed by atoms with van der Waals surface area (Å²) < 4.78 is 11.6. The molecule has 0 saturated heterocycles. The molecule has 8 N–H and O–H groups in total. The van der Waals surface area contributed by atoms with Crippen molar-refractivity contribution in [2.24, 2.45) is 22.4 Å². The summed E-state index contributed by atoms with van der Waals surface area (Å²) in [6.45, 7) is 4.16. The molecule has 0 aliphatic rings. The van der Waals surface area contributed by atoms with E-state index >= 15 is 0 Å². The summed E-state index contributed by atoms with van der Waals surface area (Å²) in [7, 11) is 0. The molecule has 1 aromatic heterocycles. The van der Waals surface area contributed by atoms with E-state index < -0.39 is 24.3 Å². The normalized spacial score (nSPS) is 14.0. The van der Waals surface area contributed by atoms with Gasteiger partial charge in [0, 0.05) is 6.54 Å². The largest absolute Gasteiger partial charge is 0.480 e. The molecule has 0 saturated carbocycles. The lowest BCUT2D eigenvalue weighted by Crippen LogP contribution is -2.39. The van der Waals surface area contributed by atoms with E-state index in [0.717, 1.165) is 0 Å². The number of hydrogen-bond acceptors (Lipinski definition) is 8. The standard InChI is InChI=1S/C28H36N6O6/c1-3-17(2)23(34-24(35)19-12-7-8-14-22(19)40-18-10-5-4-6-11-18)26-33-21(16-39-26)25(36)32-20(27(37)38)13-9-15-31-28(29)30/h4-8,10-12,14,16-17,20,23,25,32,36H,3,9,13,15H2,1-2H3,(H,34,35)(H,37,38)(H4,29,30,31). The number of para-hydroxylation sites is 2. The number of aliphatic hydroxyl groups is 1. The fourth-order valence-electron chi connectivity index (χ4n) is 3.89. The number of rotatable bonds is 15. The van der Waals surface area contributed by atoms with E-state index in [4.69, 9.17) is 20.6 Å². The molecule has 40 heavy (non-hydrogen) atoms. The monoisotopic (exact) mass is 552 g/mol. The molecule has 3 aromatic rings. The molecule has 0 fully saturated rings. The quantitative estimate of drug-likeness (QED) is 0.0705. The number of guanidine groups is 1. The van der Waals surface area contributed by atoms with Gasteiger partial charge in [-0.1, -0.05) is 50.6 Å². The molecule has 214 valence electrons. The third-order valence-electron chi connectivity index (χ3n) is 6.29. The molecule has 0 bridgehead atoms. The van der Waals surface area contributed by atoms with Crippen molar-refractivity contribution in [2.45, 2.75) is 51.4 Å². The summed E-state index contributed by atoms with van der Waals surface area (Å²) in [6.07, 6.45) is 1.07. The molecule has 3 rings (SSSR count). The van der Waals surface area contributed by atoms with Gasteiger partial charge in [0.25, 0.3) is 5.91 Å². The number of aliphatic imine (C=N–C) groups is 1. The molecule has 0 aliphatic heterocycles. The molecule has 1 amide bonds. The number of carbonyl (C=O) groups is 2. The van der Waals surface area contributed by atoms with Crippen LogP contribution in [0.25, 0.3) is 0 Å². The van der Waals surface area contributed by atoms with Crippen LogP contribution in [-0.2, 0) is 4.79 Å². The highest BCUT2D eigenvalue weighted by Gasteiger charge is 2.29. The van der Waals surface area contributed by atoms with Crippen molar-refractivity contribution >= 4 is 17.8 Å². The van der Waals surface area contributed by atoms with Crippen LogP contribution in [0.3, 0.4) is 0 Å². The number of oxazole rings is 1. The molecular formula is C28H36N6O6. The van der Waals surface area contributed by atoms with E-state index in [1.807, 2.05) is 32.0 Å². The van der Waals surface area contributed by atoms with Gasteiger partial charge >= 0.3 is 5.97 Å². The minimum absolute atomic E-state index is 0.0786. The number of nitrogens with two attached hydrogens (primary N) is 2. The predicted molar refractivity (Wildman–Crippen MR) is 149 cm³/mol. The Kier molecular flexibility index (Phi) is 11.0. The Bertz CT molecular complexity index is 1280. The second-order valence-corrected chi connectivity index (χ2v) is 9.27. The molecule has 2 aromatic carbocycles. The van der Waals surface area contributed by atoms with Crippen molar-refractivity contribution in [3.8, 4) is 11.5 Å². The van der Waals surface area contributed by atoms with Crippen LogP contribution in [0, 0.1) is 5.92 Å². The number of nitrogens with zero attached hydrogens (tertiary/aromatic N) is 2. The second kappa shape index (κ2) is 14.7. The van der Waals surface area contributed by atoms with E-state index in [9.17, 15) is 19.8 Å². The molecule has 0 aliphatic carbocycles. The number of carboxylic acids is 1. The minimum Gasteiger partial charge on any atom is -0.480 e. The average molecular weight is 553 g/mol. The summed E-state index contributed by atoms with van der Waals surface area (Å²) in [5, 5.41) is 25.8. The van der Waals surface area contributed by atoms with Crippen molar-refractivity contribution in [1.82, 2.24) is 15.6 Å². The Labute approximate surface area is 232 Å². The molecular weight excluding hydrogens is 516 g/mol. The number of amides is 1. The number of nitrogens with one attached hydrogen (secondary N) is 2. The van der Waals surface area contributed by atoms with Crippen LogP contribution in [0.15, 0.2) is 70.3 Å². The van der Waals surface area contributed by atoms with Gasteiger partial charge in [-0.05, 0) is 43.0 Å². The lowest BCUT2D eigenvalue weighted by Gasteiger charge is -2.22. The van der Waals surface area contributed by atoms with Gasteiger partial charge in [-0.2, -0.15) is 0 Å². The molecule has 4 unspecified atom stereocenters. The number of hydrogen-bond donors (Lipinski definition) is 6. The van der Waals surface area contributed by atoms with Gasteiger partial charge in [-0.25, -0.2) is 4.98 Å². The zero-order valence-corrected chi connectivity index (χ0v) is 22.5. The fourth-order valence-corrected chi connectivity index (χ4v) is 3.89. The summed E-state index contributed by atoms with van der Waals surface area (Å²) in [5.74, 6) is -0.525. The van der Waals surface area contributed by atoms with Crippen molar-refractivity contribution in [2.75, 3.05) is 6.54 Å². The van der Waals surface area contributed by atoms with Crippen LogP contribution in [0.1, 0.15) is 67.3 Å². The average Bonchev–Trinajstić information content (AvgIpc) is 3.43. The number of ether oxygens (including phenoxy) is 1. The molecule has 1 heterocycles.